The van der Waals surface area contributed by atoms with E-state index in [2.05, 4.69) is 34.7 Å². The van der Waals surface area contributed by atoms with Gasteiger partial charge in [0.15, 0.2) is 0 Å². The summed E-state index contributed by atoms with van der Waals surface area (Å²) < 4.78 is 28.0. The maximum atomic E-state index is 12.8. The maximum Gasteiger partial charge on any atom is 0.244 e. The highest BCUT2D eigenvalue weighted by molar-refractivity contribution is 9.11. The Morgan fingerprint density at radius 3 is 2.38 bits per heavy atom. The lowest BCUT2D eigenvalue weighted by Crippen LogP contribution is -2.47. The minimum atomic E-state index is -3.39. The summed E-state index contributed by atoms with van der Waals surface area (Å²) in [5.74, 6) is 0. The van der Waals surface area contributed by atoms with Crippen molar-refractivity contribution in [3.05, 3.63) is 14.7 Å². The Morgan fingerprint density at radius 2 is 1.95 bits per heavy atom. The average Bonchev–Trinajstić information content (AvgIpc) is 2.77. The van der Waals surface area contributed by atoms with E-state index in [1.165, 1.54) is 11.3 Å². The number of rotatable bonds is 4. The Balaban J connectivity index is 2.13. The standard InChI is InChI=1S/C14H23BrN2O2S2/c1-10(2)17-7-5-12(6-8-17)16(4)21(18,19)13-9-14(15)20-11(13)3/h9-10,12H,5-8H2,1-4H3. The number of nitrogens with zero attached hydrogens (tertiary/aromatic N) is 2. The predicted molar refractivity (Wildman–Crippen MR) is 91.4 cm³/mol. The molecule has 21 heavy (non-hydrogen) atoms. The molecule has 0 spiro atoms. The van der Waals surface area contributed by atoms with Gasteiger partial charge in [0.05, 0.1) is 8.68 Å². The molecular weight excluding hydrogens is 372 g/mol. The van der Waals surface area contributed by atoms with E-state index in [0.29, 0.717) is 10.9 Å². The molecule has 0 saturated carbocycles. The van der Waals surface area contributed by atoms with Crippen LogP contribution < -0.4 is 0 Å². The molecule has 0 atom stereocenters. The molecule has 1 fully saturated rings. The molecule has 0 amide bonds. The first kappa shape index (κ1) is 17.4. The lowest BCUT2D eigenvalue weighted by Gasteiger charge is -2.37. The molecule has 4 nitrogen and oxygen atoms in total. The SMILES string of the molecule is Cc1sc(Br)cc1S(=O)(=O)N(C)C1CCN(C(C)C)CC1. The Bertz CT molecular complexity index is 590. The summed E-state index contributed by atoms with van der Waals surface area (Å²) in [5.41, 5.74) is 0. The van der Waals surface area contributed by atoms with Crippen molar-refractivity contribution in [3.63, 3.8) is 0 Å². The Kier molecular flexibility index (Phi) is 5.52. The molecule has 0 N–H and O–H groups in total. The second-order valence-electron chi connectivity index (χ2n) is 5.85. The summed E-state index contributed by atoms with van der Waals surface area (Å²) >= 11 is 4.84. The first-order valence-electron chi connectivity index (χ1n) is 7.21. The van der Waals surface area contributed by atoms with E-state index in [4.69, 9.17) is 0 Å². The third-order valence-electron chi connectivity index (χ3n) is 4.24. The van der Waals surface area contributed by atoms with Crippen LogP contribution in [0, 0.1) is 6.92 Å². The Hall–Kier alpha value is 0.0500. The van der Waals surface area contributed by atoms with Crippen LogP contribution in [0.1, 0.15) is 31.6 Å². The van der Waals surface area contributed by atoms with Gasteiger partial charge >= 0.3 is 0 Å². The van der Waals surface area contributed by atoms with Crippen molar-refractivity contribution >= 4 is 37.3 Å². The van der Waals surface area contributed by atoms with Gasteiger partial charge in [-0.3, -0.25) is 0 Å². The Labute approximate surface area is 140 Å². The minimum Gasteiger partial charge on any atom is -0.301 e. The van der Waals surface area contributed by atoms with E-state index >= 15 is 0 Å². The normalized spacial score (nSPS) is 18.8. The van der Waals surface area contributed by atoms with E-state index < -0.39 is 10.0 Å². The molecule has 120 valence electrons. The van der Waals surface area contributed by atoms with Crippen LogP contribution >= 0.6 is 27.3 Å². The summed E-state index contributed by atoms with van der Waals surface area (Å²) in [6.45, 7) is 8.17. The summed E-state index contributed by atoms with van der Waals surface area (Å²) in [5, 5.41) is 0. The largest absolute Gasteiger partial charge is 0.301 e. The number of hydrogen-bond acceptors (Lipinski definition) is 4. The lowest BCUT2D eigenvalue weighted by atomic mass is 10.0. The molecule has 1 aliphatic heterocycles. The summed E-state index contributed by atoms with van der Waals surface area (Å²) in [7, 11) is -1.67. The van der Waals surface area contributed by atoms with Gasteiger partial charge < -0.3 is 4.90 Å². The zero-order valence-electron chi connectivity index (χ0n) is 13.0. The van der Waals surface area contributed by atoms with Gasteiger partial charge in [-0.25, -0.2) is 8.42 Å². The fourth-order valence-corrected chi connectivity index (χ4v) is 6.60. The van der Waals surface area contributed by atoms with Crippen LogP contribution in [0.25, 0.3) is 0 Å². The Morgan fingerprint density at radius 1 is 1.38 bits per heavy atom. The molecule has 1 aliphatic rings. The topological polar surface area (TPSA) is 40.6 Å². The van der Waals surface area contributed by atoms with Crippen molar-refractivity contribution in [1.82, 2.24) is 9.21 Å². The third-order valence-corrected chi connectivity index (χ3v) is 7.96. The summed E-state index contributed by atoms with van der Waals surface area (Å²) in [6.07, 6.45) is 1.80. The number of aryl methyl sites for hydroxylation is 1. The highest BCUT2D eigenvalue weighted by atomic mass is 79.9. The molecule has 7 heteroatoms. The zero-order valence-corrected chi connectivity index (χ0v) is 16.2. The van der Waals surface area contributed by atoms with Gasteiger partial charge in [0, 0.05) is 24.0 Å². The second-order valence-corrected chi connectivity index (χ2v) is 10.5. The van der Waals surface area contributed by atoms with Crippen molar-refractivity contribution in [2.24, 2.45) is 0 Å². The number of likely N-dealkylation sites (tertiary alicyclic amines) is 1. The van der Waals surface area contributed by atoms with E-state index in [9.17, 15) is 8.42 Å². The molecule has 0 radical (unpaired) electrons. The highest BCUT2D eigenvalue weighted by Gasteiger charge is 2.32. The van der Waals surface area contributed by atoms with Gasteiger partial charge in [-0.2, -0.15) is 4.31 Å². The summed E-state index contributed by atoms with van der Waals surface area (Å²) in [4.78, 5) is 3.69. The molecule has 0 bridgehead atoms. The van der Waals surface area contributed by atoms with E-state index in [1.54, 1.807) is 17.4 Å². The minimum absolute atomic E-state index is 0.100. The maximum absolute atomic E-state index is 12.8. The monoisotopic (exact) mass is 394 g/mol. The van der Waals surface area contributed by atoms with Gasteiger partial charge in [-0.1, -0.05) is 0 Å². The predicted octanol–water partition coefficient (Wildman–Crippen LogP) is 3.31. The fourth-order valence-electron chi connectivity index (χ4n) is 2.80. The number of thiophene rings is 1. The van der Waals surface area contributed by atoms with Gasteiger partial charge in [0.25, 0.3) is 0 Å². The molecule has 2 heterocycles. The van der Waals surface area contributed by atoms with Crippen LogP contribution in [0.5, 0.6) is 0 Å². The number of hydrogen-bond donors (Lipinski definition) is 0. The molecule has 1 saturated heterocycles. The van der Waals surface area contributed by atoms with Gasteiger partial charge in [0.1, 0.15) is 0 Å². The van der Waals surface area contributed by atoms with Gasteiger partial charge in [0.2, 0.25) is 10.0 Å². The van der Waals surface area contributed by atoms with Crippen LogP contribution in [0.15, 0.2) is 14.7 Å². The number of halogens is 1. The summed E-state index contributed by atoms with van der Waals surface area (Å²) in [6, 6.07) is 2.35. The highest BCUT2D eigenvalue weighted by Crippen LogP contribution is 2.32. The lowest BCUT2D eigenvalue weighted by molar-refractivity contribution is 0.140. The molecule has 0 aromatic carbocycles. The average molecular weight is 395 g/mol. The number of sulfonamides is 1. The molecule has 0 aliphatic carbocycles. The van der Waals surface area contributed by atoms with Crippen molar-refractivity contribution in [2.75, 3.05) is 20.1 Å². The second kappa shape index (κ2) is 6.66. The van der Waals surface area contributed by atoms with Crippen molar-refractivity contribution < 1.29 is 8.42 Å². The molecular formula is C14H23BrN2O2S2. The van der Waals surface area contributed by atoms with Crippen LogP contribution in [-0.2, 0) is 10.0 Å². The van der Waals surface area contributed by atoms with Gasteiger partial charge in [-0.05, 0) is 68.7 Å². The van der Waals surface area contributed by atoms with E-state index in [0.717, 1.165) is 34.6 Å². The van der Waals surface area contributed by atoms with Crippen LogP contribution in [0.2, 0.25) is 0 Å². The fraction of sp³-hybridized carbons (Fsp3) is 0.714. The zero-order chi connectivity index (χ0) is 15.8. The third kappa shape index (κ3) is 3.69. The molecule has 1 aromatic rings. The number of piperidine rings is 1. The smallest absolute Gasteiger partial charge is 0.244 e. The van der Waals surface area contributed by atoms with E-state index in [1.807, 2.05) is 6.92 Å². The van der Waals surface area contributed by atoms with Crippen molar-refractivity contribution in [3.8, 4) is 0 Å². The van der Waals surface area contributed by atoms with Crippen LogP contribution in [0.3, 0.4) is 0 Å². The quantitative estimate of drug-likeness (QED) is 0.786. The van der Waals surface area contributed by atoms with Crippen LogP contribution in [-0.4, -0.2) is 49.8 Å². The molecule has 0 unspecified atom stereocenters. The van der Waals surface area contributed by atoms with Crippen LogP contribution in [0.4, 0.5) is 0 Å². The van der Waals surface area contributed by atoms with E-state index in [-0.39, 0.29) is 6.04 Å². The van der Waals surface area contributed by atoms with Crippen molar-refractivity contribution in [2.45, 2.75) is 50.6 Å². The van der Waals surface area contributed by atoms with Gasteiger partial charge in [-0.15, -0.1) is 11.3 Å². The first-order chi connectivity index (χ1) is 9.73. The first-order valence-corrected chi connectivity index (χ1v) is 10.3. The molecule has 1 aromatic heterocycles. The van der Waals surface area contributed by atoms with Crippen molar-refractivity contribution in [1.29, 1.82) is 0 Å². The molecule has 2 rings (SSSR count).